The van der Waals surface area contributed by atoms with Crippen molar-refractivity contribution in [3.05, 3.63) is 40.9 Å². The number of benzene rings is 1. The number of thioether (sulfide) groups is 1. The average Bonchev–Trinajstić information content (AvgIpc) is 2.22. The van der Waals surface area contributed by atoms with Gasteiger partial charge in [-0.25, -0.2) is 0 Å². The van der Waals surface area contributed by atoms with Crippen LogP contribution in [0, 0.1) is 17.2 Å². The summed E-state index contributed by atoms with van der Waals surface area (Å²) in [6.07, 6.45) is 1.47. The van der Waals surface area contributed by atoms with Crippen molar-refractivity contribution in [2.24, 2.45) is 0 Å². The number of nitriles is 1. The van der Waals surface area contributed by atoms with E-state index in [0.29, 0.717) is 0 Å². The molecule has 0 amide bonds. The summed E-state index contributed by atoms with van der Waals surface area (Å²) >= 11 is 0.959. The van der Waals surface area contributed by atoms with Crippen molar-refractivity contribution < 1.29 is 4.79 Å². The molecule has 0 saturated heterocycles. The molecule has 0 radical (unpaired) electrons. The van der Waals surface area contributed by atoms with E-state index in [1.54, 1.807) is 4.97 Å². The van der Waals surface area contributed by atoms with Gasteiger partial charge in [0.25, 0.3) is 0 Å². The zero-order valence-electron chi connectivity index (χ0n) is 8.14. The first-order chi connectivity index (χ1) is 7.22. The Bertz CT molecular complexity index is 406. The Morgan fingerprint density at radius 1 is 1.47 bits per heavy atom. The zero-order valence-corrected chi connectivity index (χ0v) is 10.7. The zero-order chi connectivity index (χ0) is 11.1. The van der Waals surface area contributed by atoms with Crippen LogP contribution >= 0.6 is 11.8 Å². The van der Waals surface area contributed by atoms with Crippen molar-refractivity contribution in [3.63, 3.8) is 0 Å². The molecule has 0 aliphatic rings. The van der Waals surface area contributed by atoms with E-state index < -0.39 is 0 Å². The van der Waals surface area contributed by atoms with E-state index >= 15 is 0 Å². The van der Waals surface area contributed by atoms with Crippen LogP contribution in [0.5, 0.6) is 0 Å². The molecule has 0 N–H and O–H groups in total. The fraction of sp³-hybridized carbons (Fsp3) is 0.0909. The van der Waals surface area contributed by atoms with Gasteiger partial charge in [0.1, 0.15) is 0 Å². The number of nitrogens with zero attached hydrogens (tertiary/aromatic N) is 1. The molecule has 0 atom stereocenters. The molecule has 0 aromatic heterocycles. The van der Waals surface area contributed by atoms with Crippen LogP contribution in [0.25, 0.3) is 0 Å². The minimum atomic E-state index is -0.219. The summed E-state index contributed by atoms with van der Waals surface area (Å²) in [6, 6.07) is 7.78. The fourth-order valence-electron chi connectivity index (χ4n) is 0.876. The Hall–Kier alpha value is -1.01. The number of hydrogen-bond acceptors (Lipinski definition) is 3. The summed E-state index contributed by atoms with van der Waals surface area (Å²) in [4.78, 5) is 15.9. The Morgan fingerprint density at radius 3 is 2.73 bits per heavy atom. The third-order valence-corrected chi connectivity index (χ3v) is 3.20. The first-order valence-electron chi connectivity index (χ1n) is 4.22. The Kier molecular flexibility index (Phi) is 5.20. The molecule has 0 spiro atoms. The maximum absolute atomic E-state index is 11.3. The Labute approximate surface area is 99.5 Å². The molecule has 0 aliphatic carbocycles. The minimum absolute atomic E-state index is 0.0315. The van der Waals surface area contributed by atoms with Gasteiger partial charge in [0.2, 0.25) is 0 Å². The number of rotatable bonds is 3. The molecular formula is C11H9NOSSe. The molecule has 76 valence electrons. The van der Waals surface area contributed by atoms with Gasteiger partial charge >= 0.3 is 99.6 Å². The Balaban J connectivity index is 2.52. The van der Waals surface area contributed by atoms with Gasteiger partial charge in [-0.1, -0.05) is 0 Å². The maximum atomic E-state index is 11.3. The van der Waals surface area contributed by atoms with Gasteiger partial charge in [0, 0.05) is 0 Å². The quantitative estimate of drug-likeness (QED) is 0.485. The molecule has 1 aromatic carbocycles. The van der Waals surface area contributed by atoms with E-state index in [2.05, 4.69) is 0 Å². The Morgan fingerprint density at radius 2 is 2.13 bits per heavy atom. The topological polar surface area (TPSA) is 40.9 Å². The molecule has 0 bridgehead atoms. The molecule has 0 aliphatic heterocycles. The third-order valence-electron chi connectivity index (χ3n) is 1.56. The molecule has 2 nitrogen and oxygen atoms in total. The van der Waals surface area contributed by atoms with Gasteiger partial charge in [-0.2, -0.15) is 0 Å². The van der Waals surface area contributed by atoms with E-state index in [1.807, 2.05) is 36.2 Å². The van der Waals surface area contributed by atoms with Gasteiger partial charge in [-0.05, 0) is 0 Å². The molecule has 4 heteroatoms. The van der Waals surface area contributed by atoms with Crippen LogP contribution in [0.15, 0.2) is 40.2 Å². The predicted molar refractivity (Wildman–Crippen MR) is 62.6 cm³/mol. The standard InChI is InChI=1S/C11H9NOSSe/c1-9-2-4-10(5-3-9)14-11(13)6-7-15-8-12/h2-7H,1H3/b7-6-. The SMILES string of the molecule is Cc1ccc(SC(=O)/C=C\[Se]C#N)cc1. The van der Waals surface area contributed by atoms with Gasteiger partial charge in [-0.15, -0.1) is 0 Å². The molecule has 1 rings (SSSR count). The van der Waals surface area contributed by atoms with Crippen molar-refractivity contribution in [1.82, 2.24) is 0 Å². The summed E-state index contributed by atoms with van der Waals surface area (Å²) in [5.74, 6) is 0. The average molecular weight is 282 g/mol. The summed E-state index contributed by atoms with van der Waals surface area (Å²) in [5, 5.41) is 8.28. The first kappa shape index (κ1) is 12.1. The molecule has 0 fully saturated rings. The van der Waals surface area contributed by atoms with Crippen LogP contribution in [-0.4, -0.2) is 20.1 Å². The molecule has 1 aromatic rings. The summed E-state index contributed by atoms with van der Waals surface area (Å²) < 4.78 is 0. The second kappa shape index (κ2) is 6.47. The van der Waals surface area contributed by atoms with Crippen LogP contribution in [0.1, 0.15) is 5.56 Å². The van der Waals surface area contributed by atoms with Crippen molar-refractivity contribution in [2.45, 2.75) is 11.8 Å². The number of aryl methyl sites for hydroxylation is 1. The van der Waals surface area contributed by atoms with E-state index in [-0.39, 0.29) is 20.1 Å². The molecule has 0 heterocycles. The van der Waals surface area contributed by atoms with Crippen molar-refractivity contribution in [3.8, 4) is 4.97 Å². The fourth-order valence-corrected chi connectivity index (χ4v) is 2.24. The van der Waals surface area contributed by atoms with Crippen molar-refractivity contribution in [2.75, 3.05) is 0 Å². The summed E-state index contributed by atoms with van der Waals surface area (Å²) in [5.41, 5.74) is 1.18. The predicted octanol–water partition coefficient (Wildman–Crippen LogP) is 2.31. The molecule has 0 unspecified atom stereocenters. The van der Waals surface area contributed by atoms with Gasteiger partial charge < -0.3 is 0 Å². The first-order valence-corrected chi connectivity index (χ1v) is 6.88. The number of hydrogen-bond donors (Lipinski definition) is 0. The number of carbonyl (C=O) groups is 1. The van der Waals surface area contributed by atoms with Crippen molar-refractivity contribution >= 4 is 31.8 Å². The van der Waals surface area contributed by atoms with E-state index in [1.165, 1.54) is 23.4 Å². The monoisotopic (exact) mass is 283 g/mol. The second-order valence-corrected chi connectivity index (χ2v) is 5.27. The summed E-state index contributed by atoms with van der Waals surface area (Å²) in [6.45, 7) is 2.01. The normalized spacial score (nSPS) is 10.1. The molecule has 15 heavy (non-hydrogen) atoms. The van der Waals surface area contributed by atoms with Crippen LogP contribution in [0.2, 0.25) is 0 Å². The van der Waals surface area contributed by atoms with E-state index in [4.69, 9.17) is 5.26 Å². The van der Waals surface area contributed by atoms with Crippen LogP contribution in [-0.2, 0) is 4.79 Å². The van der Waals surface area contributed by atoms with Crippen LogP contribution in [0.3, 0.4) is 0 Å². The number of carbonyl (C=O) groups excluding carboxylic acids is 1. The third kappa shape index (κ3) is 4.85. The van der Waals surface area contributed by atoms with Gasteiger partial charge in [0.05, 0.1) is 0 Å². The van der Waals surface area contributed by atoms with Gasteiger partial charge in [-0.3, -0.25) is 0 Å². The second-order valence-electron chi connectivity index (χ2n) is 2.75. The summed E-state index contributed by atoms with van der Waals surface area (Å²) in [7, 11) is 0. The van der Waals surface area contributed by atoms with Crippen LogP contribution in [0.4, 0.5) is 0 Å². The van der Waals surface area contributed by atoms with Crippen molar-refractivity contribution in [1.29, 1.82) is 5.26 Å². The van der Waals surface area contributed by atoms with Crippen LogP contribution < -0.4 is 0 Å². The van der Waals surface area contributed by atoms with E-state index in [9.17, 15) is 4.79 Å². The van der Waals surface area contributed by atoms with E-state index in [0.717, 1.165) is 4.90 Å². The van der Waals surface area contributed by atoms with Gasteiger partial charge in [0.15, 0.2) is 0 Å². The molecular weight excluding hydrogens is 273 g/mol. The molecule has 0 saturated carbocycles.